The van der Waals surface area contributed by atoms with Crippen LogP contribution in [0.5, 0.6) is 0 Å². The van der Waals surface area contributed by atoms with Crippen molar-refractivity contribution in [2.45, 2.75) is 0 Å². The van der Waals surface area contributed by atoms with Crippen molar-refractivity contribution in [2.75, 3.05) is 5.32 Å². The van der Waals surface area contributed by atoms with Crippen molar-refractivity contribution < 1.29 is 14.2 Å². The predicted molar refractivity (Wildman–Crippen MR) is 109 cm³/mol. The van der Waals surface area contributed by atoms with Crippen molar-refractivity contribution in [3.05, 3.63) is 87.6 Å². The topological polar surface area (TPSA) is 124 Å². The maximum absolute atomic E-state index is 12.7. The van der Waals surface area contributed by atoms with E-state index < -0.39 is 10.8 Å². The van der Waals surface area contributed by atoms with Gasteiger partial charge in [0.05, 0.1) is 16.2 Å². The second kappa shape index (κ2) is 8.10. The fourth-order valence-corrected chi connectivity index (χ4v) is 2.89. The van der Waals surface area contributed by atoms with Gasteiger partial charge < -0.3 is 9.84 Å². The minimum atomic E-state index is -0.648. The Balaban J connectivity index is 1.63. The van der Waals surface area contributed by atoms with Gasteiger partial charge >= 0.3 is 0 Å². The average molecular weight is 422 g/mol. The molecule has 0 spiro atoms. The Morgan fingerprint density at radius 1 is 1.10 bits per heavy atom. The molecule has 30 heavy (non-hydrogen) atoms. The summed E-state index contributed by atoms with van der Waals surface area (Å²) in [4.78, 5) is 31.6. The number of hydrogen-bond donors (Lipinski definition) is 1. The highest BCUT2D eigenvalue weighted by Crippen LogP contribution is 2.29. The Hall–Kier alpha value is -4.11. The second-order valence-electron chi connectivity index (χ2n) is 6.06. The van der Waals surface area contributed by atoms with Crippen LogP contribution < -0.4 is 5.32 Å². The van der Waals surface area contributed by atoms with Crippen molar-refractivity contribution in [3.63, 3.8) is 0 Å². The molecule has 4 aromatic rings. The third-order valence-electron chi connectivity index (χ3n) is 4.13. The smallest absolute Gasteiger partial charge is 0.288 e. The summed E-state index contributed by atoms with van der Waals surface area (Å²) in [7, 11) is 0. The van der Waals surface area contributed by atoms with Gasteiger partial charge in [-0.15, -0.1) is 0 Å². The van der Waals surface area contributed by atoms with Crippen LogP contribution in [0.4, 0.5) is 11.4 Å². The Labute approximate surface area is 174 Å². The van der Waals surface area contributed by atoms with Gasteiger partial charge in [-0.1, -0.05) is 35.0 Å². The number of halogens is 1. The first-order chi connectivity index (χ1) is 14.5. The normalized spacial score (nSPS) is 10.6. The zero-order valence-electron chi connectivity index (χ0n) is 15.2. The standard InChI is InChI=1S/C20H12ClN5O4/c21-14-9-8-12(11-17(14)26(28)29)19(27)23-15-6-2-1-5-13(15)20-24-18(25-30-20)16-7-3-4-10-22-16/h1-11H,(H,23,27). The lowest BCUT2D eigenvalue weighted by atomic mass is 10.1. The van der Waals surface area contributed by atoms with E-state index in [9.17, 15) is 14.9 Å². The zero-order chi connectivity index (χ0) is 21.1. The van der Waals surface area contributed by atoms with Crippen LogP contribution in [0.15, 0.2) is 71.4 Å². The lowest BCUT2D eigenvalue weighted by Crippen LogP contribution is -2.13. The molecular weight excluding hydrogens is 410 g/mol. The molecular formula is C20H12ClN5O4. The van der Waals surface area contributed by atoms with Crippen LogP contribution in [0.3, 0.4) is 0 Å². The highest BCUT2D eigenvalue weighted by molar-refractivity contribution is 6.32. The maximum atomic E-state index is 12.7. The molecule has 148 valence electrons. The molecule has 4 rings (SSSR count). The van der Waals surface area contributed by atoms with Crippen LogP contribution >= 0.6 is 11.6 Å². The summed E-state index contributed by atoms with van der Waals surface area (Å²) in [5.41, 5.74) is 1.16. The summed E-state index contributed by atoms with van der Waals surface area (Å²) >= 11 is 5.81. The number of amides is 1. The molecule has 0 aliphatic rings. The molecule has 0 saturated heterocycles. The first kappa shape index (κ1) is 19.2. The molecule has 0 unspecified atom stereocenters. The van der Waals surface area contributed by atoms with Crippen LogP contribution in [-0.2, 0) is 0 Å². The molecule has 0 radical (unpaired) electrons. The molecule has 2 aromatic carbocycles. The monoisotopic (exact) mass is 421 g/mol. The molecule has 1 N–H and O–H groups in total. The van der Waals surface area contributed by atoms with Gasteiger partial charge in [0.1, 0.15) is 10.7 Å². The summed E-state index contributed by atoms with van der Waals surface area (Å²) in [5, 5.41) is 17.7. The molecule has 9 nitrogen and oxygen atoms in total. The summed E-state index contributed by atoms with van der Waals surface area (Å²) in [5.74, 6) is -0.0552. The number of carbonyl (C=O) groups is 1. The van der Waals surface area contributed by atoms with E-state index in [1.54, 1.807) is 48.7 Å². The summed E-state index contributed by atoms with van der Waals surface area (Å²) < 4.78 is 5.34. The summed E-state index contributed by atoms with van der Waals surface area (Å²) in [6, 6.07) is 16.0. The third-order valence-corrected chi connectivity index (χ3v) is 4.45. The minimum Gasteiger partial charge on any atom is -0.333 e. The van der Waals surface area contributed by atoms with Crippen molar-refractivity contribution in [2.24, 2.45) is 0 Å². The van der Waals surface area contributed by atoms with Crippen LogP contribution in [0, 0.1) is 10.1 Å². The molecule has 0 fully saturated rings. The SMILES string of the molecule is O=C(Nc1ccccc1-c1nc(-c2ccccn2)no1)c1ccc(Cl)c([N+](=O)[O-])c1. The Morgan fingerprint density at radius 3 is 2.67 bits per heavy atom. The first-order valence-corrected chi connectivity index (χ1v) is 9.00. The van der Waals surface area contributed by atoms with Gasteiger partial charge in [-0.2, -0.15) is 4.98 Å². The van der Waals surface area contributed by atoms with Crippen molar-refractivity contribution in [1.82, 2.24) is 15.1 Å². The molecule has 10 heteroatoms. The van der Waals surface area contributed by atoms with Gasteiger partial charge in [-0.05, 0) is 36.4 Å². The van der Waals surface area contributed by atoms with E-state index in [1.165, 1.54) is 12.1 Å². The van der Waals surface area contributed by atoms with Crippen LogP contribution in [-0.4, -0.2) is 26.0 Å². The van der Waals surface area contributed by atoms with Crippen LogP contribution in [0.25, 0.3) is 23.0 Å². The molecule has 0 aliphatic heterocycles. The summed E-state index contributed by atoms with van der Waals surface area (Å²) in [6.07, 6.45) is 1.62. The van der Waals surface area contributed by atoms with Gasteiger partial charge in [0, 0.05) is 17.8 Å². The van der Waals surface area contributed by atoms with Gasteiger partial charge in [0.25, 0.3) is 17.5 Å². The summed E-state index contributed by atoms with van der Waals surface area (Å²) in [6.45, 7) is 0. The number of hydrogen-bond acceptors (Lipinski definition) is 7. The number of nitrogens with zero attached hydrogens (tertiary/aromatic N) is 4. The van der Waals surface area contributed by atoms with Crippen LogP contribution in [0.1, 0.15) is 10.4 Å². The number of pyridine rings is 1. The van der Waals surface area contributed by atoms with E-state index >= 15 is 0 Å². The fourth-order valence-electron chi connectivity index (χ4n) is 2.70. The van der Waals surface area contributed by atoms with E-state index in [4.69, 9.17) is 16.1 Å². The number of nitro groups is 1. The minimum absolute atomic E-state index is 0.0511. The molecule has 0 bridgehead atoms. The average Bonchev–Trinajstić information content (AvgIpc) is 3.25. The molecule has 1 amide bonds. The number of para-hydroxylation sites is 1. The Bertz CT molecular complexity index is 1240. The van der Waals surface area contributed by atoms with E-state index in [1.807, 2.05) is 0 Å². The number of anilines is 1. The van der Waals surface area contributed by atoms with Crippen molar-refractivity contribution in [3.8, 4) is 23.0 Å². The van der Waals surface area contributed by atoms with Crippen molar-refractivity contribution in [1.29, 1.82) is 0 Å². The molecule has 2 heterocycles. The van der Waals surface area contributed by atoms with Gasteiger partial charge in [0.15, 0.2) is 0 Å². The Kier molecular flexibility index (Phi) is 5.19. The molecule has 2 aromatic heterocycles. The number of aromatic nitrogens is 3. The van der Waals surface area contributed by atoms with E-state index in [0.29, 0.717) is 22.8 Å². The zero-order valence-corrected chi connectivity index (χ0v) is 15.9. The molecule has 0 aliphatic carbocycles. The van der Waals surface area contributed by atoms with Gasteiger partial charge in [-0.3, -0.25) is 19.9 Å². The number of benzene rings is 2. The van der Waals surface area contributed by atoms with Gasteiger partial charge in [0.2, 0.25) is 5.82 Å². The van der Waals surface area contributed by atoms with Crippen molar-refractivity contribution >= 4 is 28.9 Å². The quantitative estimate of drug-likeness (QED) is 0.368. The van der Waals surface area contributed by atoms with E-state index in [-0.39, 0.29) is 22.2 Å². The number of rotatable bonds is 5. The van der Waals surface area contributed by atoms with E-state index in [2.05, 4.69) is 20.4 Å². The largest absolute Gasteiger partial charge is 0.333 e. The fraction of sp³-hybridized carbons (Fsp3) is 0. The lowest BCUT2D eigenvalue weighted by molar-refractivity contribution is -0.384. The molecule has 0 atom stereocenters. The number of carbonyl (C=O) groups excluding carboxylic acids is 1. The molecule has 0 saturated carbocycles. The second-order valence-corrected chi connectivity index (χ2v) is 6.47. The third kappa shape index (κ3) is 3.87. The highest BCUT2D eigenvalue weighted by Gasteiger charge is 2.19. The predicted octanol–water partition coefficient (Wildman–Crippen LogP) is 4.61. The maximum Gasteiger partial charge on any atom is 0.288 e. The van der Waals surface area contributed by atoms with Gasteiger partial charge in [-0.25, -0.2) is 0 Å². The Morgan fingerprint density at radius 2 is 1.90 bits per heavy atom. The lowest BCUT2D eigenvalue weighted by Gasteiger charge is -2.08. The highest BCUT2D eigenvalue weighted by atomic mass is 35.5. The van der Waals surface area contributed by atoms with Crippen LogP contribution in [0.2, 0.25) is 5.02 Å². The van der Waals surface area contributed by atoms with E-state index in [0.717, 1.165) is 6.07 Å². The number of nitrogens with one attached hydrogen (secondary N) is 1. The first-order valence-electron chi connectivity index (χ1n) is 8.63. The number of nitro benzene ring substituents is 1.